The van der Waals surface area contributed by atoms with E-state index in [1.807, 2.05) is 0 Å². The first kappa shape index (κ1) is 26.1. The van der Waals surface area contributed by atoms with Gasteiger partial charge in [0.2, 0.25) is 5.95 Å². The molecule has 9 aromatic rings. The van der Waals surface area contributed by atoms with Crippen LogP contribution in [0.3, 0.4) is 0 Å². The average Bonchev–Trinajstić information content (AvgIpc) is 3.71. The van der Waals surface area contributed by atoms with Crippen molar-refractivity contribution in [1.82, 2.24) is 14.5 Å². The molecule has 0 N–H and O–H groups in total. The van der Waals surface area contributed by atoms with Crippen molar-refractivity contribution in [2.75, 3.05) is 0 Å². The Kier molecular flexibility index (Phi) is 4.91. The summed E-state index contributed by atoms with van der Waals surface area (Å²) in [4.78, 5) is 11.2. The van der Waals surface area contributed by atoms with Crippen molar-refractivity contribution in [1.29, 1.82) is 0 Å². The van der Waals surface area contributed by atoms with Gasteiger partial charge in [0.15, 0.2) is 0 Å². The Balaban J connectivity index is 1.28. The molecular weight excluding hydrogens is 583 g/mol. The quantitative estimate of drug-likeness (QED) is 0.195. The minimum Gasteiger partial charge on any atom is -0.278 e. The molecule has 3 nitrogen and oxygen atoms in total. The molecule has 3 heteroatoms. The number of rotatable bonds is 2. The van der Waals surface area contributed by atoms with Gasteiger partial charge in [0.1, 0.15) is 0 Å². The smallest absolute Gasteiger partial charge is 0.235 e. The van der Waals surface area contributed by atoms with Gasteiger partial charge in [0.25, 0.3) is 0 Å². The van der Waals surface area contributed by atoms with Crippen LogP contribution in [0.1, 0.15) is 25.1 Å². The fourth-order valence-electron chi connectivity index (χ4n) is 8.71. The van der Waals surface area contributed by atoms with Crippen LogP contribution in [0, 0.1) is 0 Å². The second-order valence-electron chi connectivity index (χ2n) is 13.8. The molecule has 0 radical (unpaired) electrons. The van der Waals surface area contributed by atoms with Gasteiger partial charge in [-0.1, -0.05) is 135 Å². The Morgan fingerprint density at radius 1 is 0.479 bits per heavy atom. The van der Waals surface area contributed by atoms with Crippen LogP contribution in [0.4, 0.5) is 0 Å². The Morgan fingerprint density at radius 2 is 1.10 bits per heavy atom. The van der Waals surface area contributed by atoms with Crippen LogP contribution in [-0.2, 0) is 5.41 Å². The van der Waals surface area contributed by atoms with E-state index in [0.29, 0.717) is 5.95 Å². The van der Waals surface area contributed by atoms with Gasteiger partial charge in [-0.25, -0.2) is 9.97 Å². The first-order valence-corrected chi connectivity index (χ1v) is 16.7. The second kappa shape index (κ2) is 9.05. The third-order valence-corrected chi connectivity index (χ3v) is 10.9. The fraction of sp³-hybridized carbons (Fsp3) is 0.0667. The van der Waals surface area contributed by atoms with E-state index < -0.39 is 0 Å². The molecule has 0 saturated carbocycles. The lowest BCUT2D eigenvalue weighted by atomic mass is 9.85. The van der Waals surface area contributed by atoms with Crippen molar-refractivity contribution < 1.29 is 0 Å². The minimum atomic E-state index is -0.297. The summed E-state index contributed by atoms with van der Waals surface area (Å²) in [7, 11) is 0. The zero-order valence-electron chi connectivity index (χ0n) is 26.6. The van der Waals surface area contributed by atoms with Gasteiger partial charge in [0.05, 0.1) is 22.4 Å². The summed E-state index contributed by atoms with van der Waals surface area (Å²) in [5, 5.41) is 7.38. The van der Waals surface area contributed by atoms with Crippen LogP contribution in [-0.4, -0.2) is 14.5 Å². The van der Waals surface area contributed by atoms with Gasteiger partial charge in [-0.15, -0.1) is 0 Å². The van der Waals surface area contributed by atoms with Crippen LogP contribution in [0.25, 0.3) is 93.9 Å². The number of para-hydroxylation sites is 1. The minimum absolute atomic E-state index is 0.297. The van der Waals surface area contributed by atoms with E-state index in [0.717, 1.165) is 33.5 Å². The lowest BCUT2D eigenvalue weighted by Crippen LogP contribution is -2.18. The van der Waals surface area contributed by atoms with Gasteiger partial charge in [0, 0.05) is 27.3 Å². The molecule has 224 valence electrons. The van der Waals surface area contributed by atoms with E-state index in [-0.39, 0.29) is 5.41 Å². The van der Waals surface area contributed by atoms with Crippen molar-refractivity contribution in [2.24, 2.45) is 0 Å². The van der Waals surface area contributed by atoms with Gasteiger partial charge in [-0.3, -0.25) is 4.57 Å². The molecule has 2 aromatic heterocycles. The third kappa shape index (κ3) is 3.23. The van der Waals surface area contributed by atoms with Gasteiger partial charge in [-0.05, 0) is 73.1 Å². The van der Waals surface area contributed by atoms with Crippen LogP contribution < -0.4 is 0 Å². The van der Waals surface area contributed by atoms with Crippen molar-refractivity contribution in [3.63, 3.8) is 0 Å². The normalized spacial score (nSPS) is 13.8. The summed E-state index contributed by atoms with van der Waals surface area (Å²) in [6, 6.07) is 50.8. The van der Waals surface area contributed by atoms with E-state index >= 15 is 0 Å². The summed E-state index contributed by atoms with van der Waals surface area (Å²) in [5.74, 6) is 0.706. The molecule has 0 atom stereocenters. The van der Waals surface area contributed by atoms with Gasteiger partial charge >= 0.3 is 0 Å². The molecule has 2 aliphatic rings. The summed E-state index contributed by atoms with van der Waals surface area (Å²) < 4.78 is 2.29. The van der Waals surface area contributed by atoms with Gasteiger partial charge in [-0.2, -0.15) is 0 Å². The fourth-order valence-corrected chi connectivity index (χ4v) is 8.71. The van der Waals surface area contributed by atoms with Crippen LogP contribution >= 0.6 is 0 Å². The van der Waals surface area contributed by atoms with E-state index in [1.165, 1.54) is 65.7 Å². The summed E-state index contributed by atoms with van der Waals surface area (Å²) in [6.45, 7) is 4.61. The van der Waals surface area contributed by atoms with Gasteiger partial charge < -0.3 is 0 Å². The first-order valence-electron chi connectivity index (χ1n) is 16.7. The number of benzene rings is 7. The number of hydrogen-bond acceptors (Lipinski definition) is 2. The summed E-state index contributed by atoms with van der Waals surface area (Å²) in [6.07, 6.45) is 0. The molecule has 2 aliphatic carbocycles. The molecule has 11 rings (SSSR count). The highest BCUT2D eigenvalue weighted by Crippen LogP contribution is 2.54. The predicted octanol–water partition coefficient (Wildman–Crippen LogP) is 11.5. The molecule has 0 fully saturated rings. The molecule has 2 heterocycles. The van der Waals surface area contributed by atoms with Crippen LogP contribution in [0.2, 0.25) is 0 Å². The maximum Gasteiger partial charge on any atom is 0.235 e. The zero-order chi connectivity index (χ0) is 31.7. The molecular formula is C45H29N3. The lowest BCUT2D eigenvalue weighted by Gasteiger charge is -2.22. The number of aromatic nitrogens is 3. The zero-order valence-corrected chi connectivity index (χ0v) is 26.6. The molecule has 7 aromatic carbocycles. The van der Waals surface area contributed by atoms with Crippen molar-refractivity contribution in [3.8, 4) is 50.6 Å². The molecule has 0 unspecified atom stereocenters. The first-order chi connectivity index (χ1) is 23.6. The maximum atomic E-state index is 5.63. The highest BCUT2D eigenvalue weighted by atomic mass is 15.2. The molecule has 0 aliphatic heterocycles. The average molecular weight is 612 g/mol. The van der Waals surface area contributed by atoms with Crippen molar-refractivity contribution in [2.45, 2.75) is 19.3 Å². The summed E-state index contributed by atoms with van der Waals surface area (Å²) >= 11 is 0. The highest BCUT2D eigenvalue weighted by Gasteiger charge is 2.40. The van der Waals surface area contributed by atoms with Crippen molar-refractivity contribution in [3.05, 3.63) is 151 Å². The Morgan fingerprint density at radius 3 is 1.94 bits per heavy atom. The Bertz CT molecular complexity index is 2840. The number of fused-ring (bicyclic) bond motifs is 10. The third-order valence-electron chi connectivity index (χ3n) is 10.9. The lowest BCUT2D eigenvalue weighted by molar-refractivity contribution is 0.632. The van der Waals surface area contributed by atoms with E-state index in [1.54, 1.807) is 0 Å². The van der Waals surface area contributed by atoms with E-state index in [9.17, 15) is 0 Å². The van der Waals surface area contributed by atoms with E-state index in [2.05, 4.69) is 158 Å². The Hall–Kier alpha value is -6.06. The Labute approximate surface area is 277 Å². The second-order valence-corrected chi connectivity index (χ2v) is 13.8. The molecule has 0 spiro atoms. The monoisotopic (exact) mass is 611 g/mol. The number of nitrogens with zero attached hydrogens (tertiary/aromatic N) is 3. The molecule has 0 bridgehead atoms. The largest absolute Gasteiger partial charge is 0.278 e. The highest BCUT2D eigenvalue weighted by molar-refractivity contribution is 6.19. The number of hydrogen-bond donors (Lipinski definition) is 0. The van der Waals surface area contributed by atoms with Crippen LogP contribution in [0.5, 0.6) is 0 Å². The maximum absolute atomic E-state index is 5.63. The topological polar surface area (TPSA) is 30.7 Å². The predicted molar refractivity (Wildman–Crippen MR) is 199 cm³/mol. The van der Waals surface area contributed by atoms with E-state index in [4.69, 9.17) is 9.97 Å². The van der Waals surface area contributed by atoms with Crippen LogP contribution in [0.15, 0.2) is 140 Å². The molecule has 0 amide bonds. The van der Waals surface area contributed by atoms with Crippen molar-refractivity contribution >= 4 is 43.4 Å². The SMILES string of the molecule is CC1(C)c2ccccc2-c2c(-c3ccc4c5c(cccc35)-c3ccccc3-4)nc(-n3c4ccccc4c4cc5ccccc5cc43)nc21. The molecule has 48 heavy (non-hydrogen) atoms. The summed E-state index contributed by atoms with van der Waals surface area (Å²) in [5.41, 5.74) is 14.0. The molecule has 0 saturated heterocycles. The standard InChI is InChI=1S/C45H29N3/c1-45(2)37-20-9-7-17-35(37)41-42(34-23-22-33-29-15-6-5-14-28(29)31-18-11-19-32(34)40(31)33)46-44(47-43(41)45)48-38-21-10-8-16-30(38)36-24-26-12-3-4-13-27(26)25-39(36)48/h3-25H,1-2H3.